The SMILES string of the molecule is CC(C)CCCC(N)c1ccc(Cl)cn1. The van der Waals surface area contributed by atoms with Gasteiger partial charge in [0.2, 0.25) is 0 Å². The standard InChI is InChI=1S/C12H19ClN2/c1-9(2)4-3-5-11(14)12-7-6-10(13)8-15-12/h6-9,11H,3-5,14H2,1-2H3. The summed E-state index contributed by atoms with van der Waals surface area (Å²) in [6, 6.07) is 3.79. The third-order valence-electron chi connectivity index (χ3n) is 2.43. The second-order valence-corrected chi connectivity index (χ2v) is 4.77. The van der Waals surface area contributed by atoms with E-state index in [2.05, 4.69) is 18.8 Å². The first-order valence-corrected chi connectivity index (χ1v) is 5.84. The topological polar surface area (TPSA) is 38.9 Å². The van der Waals surface area contributed by atoms with E-state index in [4.69, 9.17) is 17.3 Å². The summed E-state index contributed by atoms with van der Waals surface area (Å²) in [6.07, 6.45) is 5.02. The van der Waals surface area contributed by atoms with Gasteiger partial charge in [-0.1, -0.05) is 38.3 Å². The van der Waals surface area contributed by atoms with E-state index in [1.54, 1.807) is 6.20 Å². The normalized spacial score (nSPS) is 13.1. The Labute approximate surface area is 96.8 Å². The molecule has 1 aromatic heterocycles. The lowest BCUT2D eigenvalue weighted by atomic mass is 10.0. The summed E-state index contributed by atoms with van der Waals surface area (Å²) < 4.78 is 0. The van der Waals surface area contributed by atoms with Crippen molar-refractivity contribution < 1.29 is 0 Å². The predicted octanol–water partition coefficient (Wildman–Crippen LogP) is 3.56. The van der Waals surface area contributed by atoms with Gasteiger partial charge in [-0.05, 0) is 24.5 Å². The Morgan fingerprint density at radius 1 is 1.33 bits per heavy atom. The average molecular weight is 227 g/mol. The summed E-state index contributed by atoms with van der Waals surface area (Å²) in [5, 5.41) is 0.660. The lowest BCUT2D eigenvalue weighted by molar-refractivity contribution is 0.501. The van der Waals surface area contributed by atoms with Gasteiger partial charge in [0.1, 0.15) is 0 Å². The highest BCUT2D eigenvalue weighted by molar-refractivity contribution is 6.30. The van der Waals surface area contributed by atoms with Crippen molar-refractivity contribution in [3.8, 4) is 0 Å². The minimum Gasteiger partial charge on any atom is -0.323 e. The molecule has 0 spiro atoms. The van der Waals surface area contributed by atoms with Crippen molar-refractivity contribution in [3.05, 3.63) is 29.0 Å². The Morgan fingerprint density at radius 3 is 2.60 bits per heavy atom. The maximum Gasteiger partial charge on any atom is 0.0589 e. The lowest BCUT2D eigenvalue weighted by Crippen LogP contribution is -2.12. The molecule has 0 saturated heterocycles. The molecule has 1 aromatic rings. The fourth-order valence-electron chi connectivity index (χ4n) is 1.50. The molecule has 3 heteroatoms. The number of nitrogens with two attached hydrogens (primary N) is 1. The molecule has 2 nitrogen and oxygen atoms in total. The van der Waals surface area contributed by atoms with E-state index < -0.39 is 0 Å². The smallest absolute Gasteiger partial charge is 0.0589 e. The average Bonchev–Trinajstić information content (AvgIpc) is 2.18. The van der Waals surface area contributed by atoms with Gasteiger partial charge in [0, 0.05) is 12.2 Å². The molecule has 0 fully saturated rings. The second-order valence-electron chi connectivity index (χ2n) is 4.33. The molecule has 1 atom stereocenters. The molecule has 0 aliphatic rings. The molecule has 0 aliphatic carbocycles. The van der Waals surface area contributed by atoms with E-state index in [0.717, 1.165) is 24.5 Å². The largest absolute Gasteiger partial charge is 0.323 e. The van der Waals surface area contributed by atoms with Crippen molar-refractivity contribution in [2.24, 2.45) is 11.7 Å². The molecule has 0 bridgehead atoms. The number of hydrogen-bond acceptors (Lipinski definition) is 2. The zero-order chi connectivity index (χ0) is 11.3. The quantitative estimate of drug-likeness (QED) is 0.834. The number of pyridine rings is 1. The van der Waals surface area contributed by atoms with Gasteiger partial charge in [-0.3, -0.25) is 4.98 Å². The summed E-state index contributed by atoms with van der Waals surface area (Å²) in [7, 11) is 0. The molecular weight excluding hydrogens is 208 g/mol. The maximum absolute atomic E-state index is 6.03. The van der Waals surface area contributed by atoms with Crippen LogP contribution in [0.1, 0.15) is 44.8 Å². The van der Waals surface area contributed by atoms with E-state index in [1.807, 2.05) is 12.1 Å². The number of rotatable bonds is 5. The molecular formula is C12H19ClN2. The number of hydrogen-bond donors (Lipinski definition) is 1. The number of nitrogens with zero attached hydrogens (tertiary/aromatic N) is 1. The summed E-state index contributed by atoms with van der Waals surface area (Å²) in [5.74, 6) is 0.746. The van der Waals surface area contributed by atoms with Gasteiger partial charge in [0.15, 0.2) is 0 Å². The van der Waals surface area contributed by atoms with E-state index in [-0.39, 0.29) is 6.04 Å². The summed E-state index contributed by atoms with van der Waals surface area (Å²) in [5.41, 5.74) is 6.96. The minimum absolute atomic E-state index is 0.0426. The molecule has 0 radical (unpaired) electrons. The van der Waals surface area contributed by atoms with Crippen molar-refractivity contribution in [3.63, 3.8) is 0 Å². The van der Waals surface area contributed by atoms with Gasteiger partial charge in [-0.25, -0.2) is 0 Å². The van der Waals surface area contributed by atoms with Crippen LogP contribution in [-0.2, 0) is 0 Å². The van der Waals surface area contributed by atoms with Crippen LogP contribution in [0.2, 0.25) is 5.02 Å². The van der Waals surface area contributed by atoms with Crippen LogP contribution in [-0.4, -0.2) is 4.98 Å². The van der Waals surface area contributed by atoms with Crippen LogP contribution in [0.4, 0.5) is 0 Å². The van der Waals surface area contributed by atoms with Gasteiger partial charge in [0.05, 0.1) is 10.7 Å². The zero-order valence-corrected chi connectivity index (χ0v) is 10.2. The Balaban J connectivity index is 2.40. The summed E-state index contributed by atoms with van der Waals surface area (Å²) >= 11 is 5.76. The Bertz CT molecular complexity index is 282. The molecule has 2 N–H and O–H groups in total. The van der Waals surface area contributed by atoms with Gasteiger partial charge in [-0.15, -0.1) is 0 Å². The third-order valence-corrected chi connectivity index (χ3v) is 2.65. The molecule has 1 unspecified atom stereocenters. The lowest BCUT2D eigenvalue weighted by Gasteiger charge is -2.11. The monoisotopic (exact) mass is 226 g/mol. The maximum atomic E-state index is 6.03. The van der Waals surface area contributed by atoms with Crippen LogP contribution in [0, 0.1) is 5.92 Å². The van der Waals surface area contributed by atoms with Crippen LogP contribution in [0.15, 0.2) is 18.3 Å². The van der Waals surface area contributed by atoms with Crippen LogP contribution in [0.5, 0.6) is 0 Å². The molecule has 84 valence electrons. The van der Waals surface area contributed by atoms with E-state index in [1.165, 1.54) is 6.42 Å². The second kappa shape index (κ2) is 6.09. The summed E-state index contributed by atoms with van der Waals surface area (Å²) in [6.45, 7) is 4.46. The van der Waals surface area contributed by atoms with Gasteiger partial charge in [-0.2, -0.15) is 0 Å². The minimum atomic E-state index is 0.0426. The Kier molecular flexibility index (Phi) is 5.06. The molecule has 0 aromatic carbocycles. The van der Waals surface area contributed by atoms with Gasteiger partial charge in [0.25, 0.3) is 0 Å². The van der Waals surface area contributed by atoms with E-state index >= 15 is 0 Å². The molecule has 0 aliphatic heterocycles. The van der Waals surface area contributed by atoms with E-state index in [0.29, 0.717) is 5.02 Å². The molecule has 0 saturated carbocycles. The molecule has 15 heavy (non-hydrogen) atoms. The summed E-state index contributed by atoms with van der Waals surface area (Å²) in [4.78, 5) is 4.22. The van der Waals surface area contributed by atoms with Crippen LogP contribution >= 0.6 is 11.6 Å². The first-order chi connectivity index (χ1) is 7.09. The number of halogens is 1. The molecule has 1 heterocycles. The first kappa shape index (κ1) is 12.5. The first-order valence-electron chi connectivity index (χ1n) is 5.46. The third kappa shape index (κ3) is 4.63. The highest BCUT2D eigenvalue weighted by Gasteiger charge is 2.07. The van der Waals surface area contributed by atoms with Crippen molar-refractivity contribution in [2.75, 3.05) is 0 Å². The Hall–Kier alpha value is -0.600. The Morgan fingerprint density at radius 2 is 2.07 bits per heavy atom. The van der Waals surface area contributed by atoms with Crippen LogP contribution in [0.25, 0.3) is 0 Å². The van der Waals surface area contributed by atoms with Gasteiger partial charge >= 0.3 is 0 Å². The fourth-order valence-corrected chi connectivity index (χ4v) is 1.61. The van der Waals surface area contributed by atoms with Crippen molar-refractivity contribution in [2.45, 2.75) is 39.2 Å². The van der Waals surface area contributed by atoms with Crippen molar-refractivity contribution in [1.29, 1.82) is 0 Å². The van der Waals surface area contributed by atoms with Gasteiger partial charge < -0.3 is 5.73 Å². The fraction of sp³-hybridized carbons (Fsp3) is 0.583. The number of aromatic nitrogens is 1. The molecule has 1 rings (SSSR count). The zero-order valence-electron chi connectivity index (χ0n) is 9.41. The van der Waals surface area contributed by atoms with Crippen molar-refractivity contribution in [1.82, 2.24) is 4.98 Å². The van der Waals surface area contributed by atoms with E-state index in [9.17, 15) is 0 Å². The molecule has 0 amide bonds. The predicted molar refractivity (Wildman–Crippen MR) is 64.9 cm³/mol. The van der Waals surface area contributed by atoms with Crippen molar-refractivity contribution >= 4 is 11.6 Å². The highest BCUT2D eigenvalue weighted by Crippen LogP contribution is 2.18. The van der Waals surface area contributed by atoms with Crippen LogP contribution in [0.3, 0.4) is 0 Å². The van der Waals surface area contributed by atoms with Crippen LogP contribution < -0.4 is 5.73 Å². The highest BCUT2D eigenvalue weighted by atomic mass is 35.5.